The van der Waals surface area contributed by atoms with Gasteiger partial charge < -0.3 is 35.3 Å². The number of piperazine rings is 1. The Morgan fingerprint density at radius 3 is 2.38 bits per heavy atom. The first-order chi connectivity index (χ1) is 23.9. The van der Waals surface area contributed by atoms with Crippen LogP contribution in [0.5, 0.6) is 0 Å². The summed E-state index contributed by atoms with van der Waals surface area (Å²) in [6, 6.07) is 4.80. The van der Waals surface area contributed by atoms with Crippen molar-refractivity contribution in [2.24, 2.45) is 17.8 Å². The van der Waals surface area contributed by atoms with Gasteiger partial charge in [0.05, 0.1) is 11.7 Å². The highest BCUT2D eigenvalue weighted by atomic mass is 19.1. The molecule has 13 heteroatoms. The molecule has 2 saturated carbocycles. The Bertz CT molecular complexity index is 1520. The second-order valence-electron chi connectivity index (χ2n) is 14.6. The number of halogens is 1. The molecule has 0 radical (unpaired) electrons. The number of aldehydes is 1. The minimum atomic E-state index is -1.14. The zero-order valence-electron chi connectivity index (χ0n) is 30.3. The number of rotatable bonds is 17. The number of carbonyl (C=O) groups is 4. The minimum Gasteiger partial charge on any atom is -0.367 e. The fraction of sp³-hybridized carbons (Fsp3) is 0.649. The van der Waals surface area contributed by atoms with Crippen molar-refractivity contribution in [1.82, 2.24) is 30.2 Å². The van der Waals surface area contributed by atoms with Crippen molar-refractivity contribution in [3.8, 4) is 0 Å². The van der Waals surface area contributed by atoms with Crippen molar-refractivity contribution in [3.63, 3.8) is 0 Å². The largest absolute Gasteiger partial charge is 0.367 e. The summed E-state index contributed by atoms with van der Waals surface area (Å²) in [5, 5.41) is 13.2. The lowest BCUT2D eigenvalue weighted by Crippen LogP contribution is -2.59. The van der Waals surface area contributed by atoms with Gasteiger partial charge in [0.15, 0.2) is 6.29 Å². The molecule has 1 aromatic carbocycles. The zero-order valence-corrected chi connectivity index (χ0v) is 30.3. The lowest BCUT2D eigenvalue weighted by atomic mass is 9.88. The van der Waals surface area contributed by atoms with Crippen molar-refractivity contribution in [2.45, 2.75) is 96.5 Å². The van der Waals surface area contributed by atoms with Crippen LogP contribution in [0.25, 0.3) is 0 Å². The number of nitrogens with zero attached hydrogens (tertiary/aromatic N) is 4. The van der Waals surface area contributed by atoms with Crippen LogP contribution in [-0.4, -0.2) is 107 Å². The third-order valence-electron chi connectivity index (χ3n) is 10.7. The normalized spacial score (nSPS) is 21.3. The molecule has 0 spiro atoms. The summed E-state index contributed by atoms with van der Waals surface area (Å²) in [5.41, 5.74) is -0.200. The molecule has 50 heavy (non-hydrogen) atoms. The molecule has 5 rings (SSSR count). The number of nitrogens with one attached hydrogen (secondary N) is 3. The molecule has 1 aromatic heterocycles. The van der Waals surface area contributed by atoms with E-state index in [1.165, 1.54) is 12.1 Å². The van der Waals surface area contributed by atoms with Gasteiger partial charge in [0, 0.05) is 57.5 Å². The predicted octanol–water partition coefficient (Wildman–Crippen LogP) is 3.43. The Balaban J connectivity index is 1.35. The van der Waals surface area contributed by atoms with Crippen LogP contribution in [-0.2, 0) is 25.7 Å². The smallest absolute Gasteiger partial charge is 0.270 e. The molecule has 0 unspecified atom stereocenters. The Labute approximate surface area is 294 Å². The molecule has 2 aromatic rings. The molecule has 3 N–H and O–H groups in total. The Hall–Kier alpha value is -3.68. The van der Waals surface area contributed by atoms with Gasteiger partial charge in [-0.25, -0.2) is 4.39 Å². The number of ether oxygens (including phenoxy) is 1. The monoisotopic (exact) mass is 695 g/mol. The van der Waals surface area contributed by atoms with Crippen molar-refractivity contribution < 1.29 is 28.3 Å². The second kappa shape index (κ2) is 16.1. The Morgan fingerprint density at radius 2 is 1.80 bits per heavy atom. The van der Waals surface area contributed by atoms with Crippen LogP contribution in [0.3, 0.4) is 0 Å². The van der Waals surface area contributed by atoms with Crippen LogP contribution in [0.15, 0.2) is 30.5 Å². The van der Waals surface area contributed by atoms with Gasteiger partial charge in [-0.1, -0.05) is 13.0 Å². The maximum atomic E-state index is 15.9. The number of benzene rings is 1. The number of aryl methyl sites for hydroxylation is 1. The molecule has 274 valence electrons. The van der Waals surface area contributed by atoms with Gasteiger partial charge in [0.25, 0.3) is 5.91 Å². The number of aromatic nitrogens is 2. The third kappa shape index (κ3) is 8.78. The van der Waals surface area contributed by atoms with Crippen LogP contribution in [0, 0.1) is 23.6 Å². The van der Waals surface area contributed by atoms with E-state index in [-0.39, 0.29) is 36.0 Å². The molecule has 1 aliphatic heterocycles. The zero-order chi connectivity index (χ0) is 36.2. The number of likely N-dealkylation sites (N-methyl/N-ethyl adjacent to an activating group) is 1. The van der Waals surface area contributed by atoms with Crippen molar-refractivity contribution in [3.05, 3.63) is 47.5 Å². The van der Waals surface area contributed by atoms with Gasteiger partial charge in [-0.05, 0) is 102 Å². The fourth-order valence-electron chi connectivity index (χ4n) is 7.23. The van der Waals surface area contributed by atoms with Crippen molar-refractivity contribution in [2.75, 3.05) is 45.2 Å². The van der Waals surface area contributed by atoms with E-state index < -0.39 is 35.3 Å². The van der Waals surface area contributed by atoms with Crippen LogP contribution in [0.1, 0.15) is 82.3 Å². The summed E-state index contributed by atoms with van der Waals surface area (Å²) >= 11 is 0. The molecule has 0 bridgehead atoms. The first kappa shape index (κ1) is 37.6. The van der Waals surface area contributed by atoms with Crippen LogP contribution >= 0.6 is 0 Å². The summed E-state index contributed by atoms with van der Waals surface area (Å²) < 4.78 is 23.2. The standard InChI is InChI=1S/C37H54FN7O5/c1-7-45-30(15-16-40-45)34(47)42-33(31(25-9-10-25)26-11-12-26)35(48)41-29-14-13-27(19-28(29)38)24(4)32(39-21-37(5,22-46)50-8-2)36(49)44-18-17-43(6)23(3)20-44/h13-16,19,22-26,31-33,39H,7-12,17-18,20-21H2,1-6H3,(H,41,48)(H,42,47)/t23-,24+,32-,33+,37+/m1/s1. The molecule has 3 amide bonds. The molecule has 1 saturated heterocycles. The summed E-state index contributed by atoms with van der Waals surface area (Å²) in [5.74, 6) is -1.43. The summed E-state index contributed by atoms with van der Waals surface area (Å²) in [4.78, 5) is 57.3. The molecule has 3 fully saturated rings. The minimum absolute atomic E-state index is 0.00254. The fourth-order valence-corrected chi connectivity index (χ4v) is 7.23. The Morgan fingerprint density at radius 1 is 1.10 bits per heavy atom. The Kier molecular flexibility index (Phi) is 12.1. The highest BCUT2D eigenvalue weighted by molar-refractivity contribution is 6.01. The molecule has 12 nitrogen and oxygen atoms in total. The van der Waals surface area contributed by atoms with Gasteiger partial charge in [0.1, 0.15) is 23.2 Å². The highest BCUT2D eigenvalue weighted by Crippen LogP contribution is 2.51. The van der Waals surface area contributed by atoms with E-state index in [1.807, 2.05) is 25.8 Å². The molecular formula is C37H54FN7O5. The molecular weight excluding hydrogens is 641 g/mol. The average Bonchev–Trinajstić information content (AvgIpc) is 4.05. The van der Waals surface area contributed by atoms with E-state index >= 15 is 4.39 Å². The lowest BCUT2D eigenvalue weighted by Gasteiger charge is -2.40. The molecule has 5 atom stereocenters. The lowest BCUT2D eigenvalue weighted by molar-refractivity contribution is -0.138. The van der Waals surface area contributed by atoms with E-state index in [1.54, 1.807) is 36.9 Å². The predicted molar refractivity (Wildman–Crippen MR) is 188 cm³/mol. The number of carbonyl (C=O) groups excluding carboxylic acids is 4. The first-order valence-corrected chi connectivity index (χ1v) is 18.1. The molecule has 3 aliphatic rings. The van der Waals surface area contributed by atoms with Crippen LogP contribution in [0.2, 0.25) is 0 Å². The maximum absolute atomic E-state index is 15.9. The number of hydrogen-bond acceptors (Lipinski definition) is 8. The highest BCUT2D eigenvalue weighted by Gasteiger charge is 2.48. The summed E-state index contributed by atoms with van der Waals surface area (Å²) in [7, 11) is 2.03. The first-order valence-electron chi connectivity index (χ1n) is 18.1. The molecule has 2 heterocycles. The van der Waals surface area contributed by atoms with Gasteiger partial charge in [-0.2, -0.15) is 5.10 Å². The van der Waals surface area contributed by atoms with Gasteiger partial charge >= 0.3 is 0 Å². The quantitative estimate of drug-likeness (QED) is 0.214. The van der Waals surface area contributed by atoms with E-state index in [4.69, 9.17) is 4.74 Å². The van der Waals surface area contributed by atoms with Gasteiger partial charge in [-0.15, -0.1) is 0 Å². The second-order valence-corrected chi connectivity index (χ2v) is 14.6. The van der Waals surface area contributed by atoms with E-state index in [9.17, 15) is 19.2 Å². The molecule has 2 aliphatic carbocycles. The van der Waals surface area contributed by atoms with E-state index in [0.29, 0.717) is 49.3 Å². The van der Waals surface area contributed by atoms with Crippen LogP contribution in [0.4, 0.5) is 10.1 Å². The third-order valence-corrected chi connectivity index (χ3v) is 10.7. The maximum Gasteiger partial charge on any atom is 0.270 e. The number of amides is 3. The average molecular weight is 696 g/mol. The van der Waals surface area contributed by atoms with Gasteiger partial charge in [-0.3, -0.25) is 19.1 Å². The van der Waals surface area contributed by atoms with Crippen molar-refractivity contribution in [1.29, 1.82) is 0 Å². The topological polar surface area (TPSA) is 138 Å². The summed E-state index contributed by atoms with van der Waals surface area (Å²) in [6.45, 7) is 12.1. The number of anilines is 1. The van der Waals surface area contributed by atoms with E-state index in [0.717, 1.165) is 38.5 Å². The van der Waals surface area contributed by atoms with Crippen LogP contribution < -0.4 is 16.0 Å². The summed E-state index contributed by atoms with van der Waals surface area (Å²) in [6.07, 6.45) is 6.32. The van der Waals surface area contributed by atoms with E-state index in [2.05, 4.69) is 32.9 Å². The van der Waals surface area contributed by atoms with Gasteiger partial charge in [0.2, 0.25) is 11.8 Å². The van der Waals surface area contributed by atoms with Crippen molar-refractivity contribution >= 4 is 29.7 Å². The number of hydrogen-bond donors (Lipinski definition) is 3. The SMILES string of the molecule is CCO[C@](C)(C=O)CN[C@@H](C(=O)N1CCN(C)[C@H](C)C1)[C@@H](C)c1ccc(NC(=O)[C@@H](NC(=O)c2ccnn2CC)C(C2CC2)C2CC2)c(F)c1.